The van der Waals surface area contributed by atoms with Crippen molar-refractivity contribution >= 4 is 22.7 Å². The minimum absolute atomic E-state index is 0.340. The molecule has 0 saturated heterocycles. The third-order valence-corrected chi connectivity index (χ3v) is 4.45. The molecule has 146 valence electrons. The average Bonchev–Trinajstić information content (AvgIpc) is 2.64. The molecule has 7 heteroatoms. The van der Waals surface area contributed by atoms with Crippen LogP contribution in [0.3, 0.4) is 0 Å². The van der Waals surface area contributed by atoms with Gasteiger partial charge in [0.15, 0.2) is 6.10 Å². The molecule has 0 aliphatic heterocycles. The van der Waals surface area contributed by atoms with E-state index in [1.165, 1.54) is 13.4 Å². The van der Waals surface area contributed by atoms with Gasteiger partial charge >= 0.3 is 5.97 Å². The van der Waals surface area contributed by atoms with Crippen molar-refractivity contribution in [2.24, 2.45) is 0 Å². The first kappa shape index (κ1) is 20.9. The van der Waals surface area contributed by atoms with Gasteiger partial charge < -0.3 is 19.3 Å². The number of aryl methyl sites for hydroxylation is 1. The van der Waals surface area contributed by atoms with E-state index in [1.807, 2.05) is 42.5 Å². The zero-order valence-corrected chi connectivity index (χ0v) is 16.3. The molecule has 27 heavy (non-hydrogen) atoms. The maximum Gasteiger partial charge on any atom is 0.333 e. The summed E-state index contributed by atoms with van der Waals surface area (Å²) in [7, 11) is 1.40. The SMILES string of the molecule is COC(Cc1ccc(NCCCc2cccc(OS(C)=O)c2)cc1)C(=O)O. The summed E-state index contributed by atoms with van der Waals surface area (Å²) in [5, 5.41) is 12.4. The maximum absolute atomic E-state index is 11.1. The third kappa shape index (κ3) is 7.40. The van der Waals surface area contributed by atoms with Gasteiger partial charge in [0.1, 0.15) is 5.75 Å². The standard InChI is InChI=1S/C20H25NO5S/c1-25-19(20(22)23)14-16-8-10-17(11-9-16)21-12-4-6-15-5-3-7-18(13-15)26-27(2)24/h3,5,7-11,13,19,21H,4,6,12,14H2,1-2H3,(H,22,23). The molecule has 2 unspecified atom stereocenters. The van der Waals surface area contributed by atoms with Gasteiger partial charge in [0.05, 0.1) is 0 Å². The zero-order chi connectivity index (χ0) is 19.6. The van der Waals surface area contributed by atoms with Crippen LogP contribution < -0.4 is 9.50 Å². The van der Waals surface area contributed by atoms with Crippen molar-refractivity contribution in [3.05, 3.63) is 59.7 Å². The van der Waals surface area contributed by atoms with Crippen LogP contribution in [-0.2, 0) is 33.5 Å². The fourth-order valence-corrected chi connectivity index (χ4v) is 3.03. The second kappa shape index (κ2) is 10.7. The Morgan fingerprint density at radius 1 is 1.19 bits per heavy atom. The van der Waals surface area contributed by atoms with Gasteiger partial charge in [-0.15, -0.1) is 0 Å². The lowest BCUT2D eigenvalue weighted by molar-refractivity contribution is -0.148. The largest absolute Gasteiger partial charge is 0.479 e. The number of carbonyl (C=O) groups is 1. The number of carboxylic acids is 1. The van der Waals surface area contributed by atoms with E-state index in [9.17, 15) is 9.00 Å². The van der Waals surface area contributed by atoms with Crippen LogP contribution in [0, 0.1) is 0 Å². The molecule has 0 heterocycles. The van der Waals surface area contributed by atoms with E-state index < -0.39 is 23.2 Å². The van der Waals surface area contributed by atoms with E-state index in [0.717, 1.165) is 36.2 Å². The van der Waals surface area contributed by atoms with Gasteiger partial charge in [-0.2, -0.15) is 0 Å². The van der Waals surface area contributed by atoms with Gasteiger partial charge in [0.25, 0.3) is 0 Å². The van der Waals surface area contributed by atoms with Crippen molar-refractivity contribution in [3.63, 3.8) is 0 Å². The van der Waals surface area contributed by atoms with E-state index in [1.54, 1.807) is 6.07 Å². The lowest BCUT2D eigenvalue weighted by atomic mass is 10.1. The summed E-state index contributed by atoms with van der Waals surface area (Å²) in [6, 6.07) is 15.3. The van der Waals surface area contributed by atoms with Gasteiger partial charge in [-0.05, 0) is 48.2 Å². The molecule has 0 radical (unpaired) electrons. The van der Waals surface area contributed by atoms with Crippen molar-refractivity contribution in [2.45, 2.75) is 25.4 Å². The van der Waals surface area contributed by atoms with Crippen LogP contribution in [0.1, 0.15) is 17.5 Å². The van der Waals surface area contributed by atoms with E-state index in [4.69, 9.17) is 14.0 Å². The van der Waals surface area contributed by atoms with Crippen LogP contribution >= 0.6 is 0 Å². The Labute approximate surface area is 162 Å². The molecule has 2 N–H and O–H groups in total. The molecular weight excluding hydrogens is 366 g/mol. The molecule has 0 aliphatic carbocycles. The van der Waals surface area contributed by atoms with Gasteiger partial charge in [-0.3, -0.25) is 0 Å². The third-order valence-electron chi connectivity index (χ3n) is 4.02. The summed E-state index contributed by atoms with van der Waals surface area (Å²) in [5.74, 6) is -0.341. The quantitative estimate of drug-likeness (QED) is 0.573. The summed E-state index contributed by atoms with van der Waals surface area (Å²) in [6.45, 7) is 0.806. The van der Waals surface area contributed by atoms with Crippen LogP contribution in [-0.4, -0.2) is 41.3 Å². The first-order valence-corrected chi connectivity index (χ1v) is 10.2. The van der Waals surface area contributed by atoms with Crippen molar-refractivity contribution in [1.82, 2.24) is 0 Å². The summed E-state index contributed by atoms with van der Waals surface area (Å²) in [6.07, 6.45) is 2.83. The number of hydrogen-bond acceptors (Lipinski definition) is 5. The van der Waals surface area contributed by atoms with Crippen molar-refractivity contribution < 1.29 is 23.0 Å². The average molecular weight is 391 g/mol. The van der Waals surface area contributed by atoms with Crippen LogP contribution in [0.25, 0.3) is 0 Å². The number of carboxylic acid groups (broad SMARTS) is 1. The summed E-state index contributed by atoms with van der Waals surface area (Å²) in [4.78, 5) is 11.0. The molecule has 0 saturated carbocycles. The van der Waals surface area contributed by atoms with E-state index in [2.05, 4.69) is 5.32 Å². The van der Waals surface area contributed by atoms with Crippen LogP contribution in [0.15, 0.2) is 48.5 Å². The highest BCUT2D eigenvalue weighted by Gasteiger charge is 2.16. The van der Waals surface area contributed by atoms with Crippen LogP contribution in [0.2, 0.25) is 0 Å². The minimum atomic E-state index is -1.32. The monoisotopic (exact) mass is 391 g/mol. The predicted octanol–water partition coefficient (Wildman–Crippen LogP) is 3.05. The lowest BCUT2D eigenvalue weighted by Crippen LogP contribution is -2.24. The number of nitrogens with one attached hydrogen (secondary N) is 1. The Kier molecular flexibility index (Phi) is 8.29. The molecule has 0 spiro atoms. The Morgan fingerprint density at radius 2 is 1.93 bits per heavy atom. The first-order valence-electron chi connectivity index (χ1n) is 8.67. The van der Waals surface area contributed by atoms with Gasteiger partial charge in [0, 0.05) is 32.0 Å². The molecule has 2 aromatic rings. The summed E-state index contributed by atoms with van der Waals surface area (Å²) < 4.78 is 21.3. The molecular formula is C20H25NO5S. The fraction of sp³-hybridized carbons (Fsp3) is 0.350. The molecule has 0 amide bonds. The molecule has 0 fully saturated rings. The highest BCUT2D eigenvalue weighted by atomic mass is 32.2. The van der Waals surface area contributed by atoms with Crippen molar-refractivity contribution in [2.75, 3.05) is 25.2 Å². The van der Waals surface area contributed by atoms with E-state index in [-0.39, 0.29) is 0 Å². The highest BCUT2D eigenvalue weighted by molar-refractivity contribution is 7.79. The Morgan fingerprint density at radius 3 is 2.56 bits per heavy atom. The maximum atomic E-state index is 11.1. The molecule has 0 aliphatic rings. The summed E-state index contributed by atoms with van der Waals surface area (Å²) in [5.41, 5.74) is 3.04. The molecule has 2 atom stereocenters. The number of ether oxygens (including phenoxy) is 1. The second-order valence-electron chi connectivity index (χ2n) is 6.13. The predicted molar refractivity (Wildman–Crippen MR) is 107 cm³/mol. The van der Waals surface area contributed by atoms with Gasteiger partial charge in [-0.1, -0.05) is 24.3 Å². The number of benzene rings is 2. The molecule has 0 aromatic heterocycles. The Balaban J connectivity index is 1.77. The number of hydrogen-bond donors (Lipinski definition) is 2. The zero-order valence-electron chi connectivity index (χ0n) is 15.5. The minimum Gasteiger partial charge on any atom is -0.479 e. The summed E-state index contributed by atoms with van der Waals surface area (Å²) >= 11 is -1.32. The first-order chi connectivity index (χ1) is 13.0. The number of anilines is 1. The number of methoxy groups -OCH3 is 1. The molecule has 0 bridgehead atoms. The van der Waals surface area contributed by atoms with E-state index >= 15 is 0 Å². The Hall–Kier alpha value is -2.38. The number of aliphatic carboxylic acids is 1. The molecule has 2 aromatic carbocycles. The lowest BCUT2D eigenvalue weighted by Gasteiger charge is -2.11. The van der Waals surface area contributed by atoms with Crippen molar-refractivity contribution in [1.29, 1.82) is 0 Å². The second-order valence-corrected chi connectivity index (χ2v) is 7.10. The van der Waals surface area contributed by atoms with Crippen molar-refractivity contribution in [3.8, 4) is 5.75 Å². The van der Waals surface area contributed by atoms with E-state index in [0.29, 0.717) is 12.2 Å². The fourth-order valence-electron chi connectivity index (χ4n) is 2.66. The highest BCUT2D eigenvalue weighted by Crippen LogP contribution is 2.16. The van der Waals surface area contributed by atoms with Gasteiger partial charge in [0.2, 0.25) is 11.1 Å². The molecule has 6 nitrogen and oxygen atoms in total. The van der Waals surface area contributed by atoms with Gasteiger partial charge in [-0.25, -0.2) is 9.00 Å². The Bertz CT molecular complexity index is 763. The smallest absolute Gasteiger partial charge is 0.333 e. The number of rotatable bonds is 11. The topological polar surface area (TPSA) is 84.9 Å². The van der Waals surface area contributed by atoms with Crippen LogP contribution in [0.5, 0.6) is 5.75 Å². The van der Waals surface area contributed by atoms with Crippen LogP contribution in [0.4, 0.5) is 5.69 Å². The molecule has 2 rings (SSSR count). The normalized spacial score (nSPS) is 13.0.